The number of hydrogen-bond acceptors (Lipinski definition) is 2. The first-order chi connectivity index (χ1) is 11.3. The van der Waals surface area contributed by atoms with E-state index < -0.39 is 46.2 Å². The maximum absolute atomic E-state index is 13.8. The van der Waals surface area contributed by atoms with Gasteiger partial charge in [-0.3, -0.25) is 14.5 Å². The Bertz CT molecular complexity index is 729. The highest BCUT2D eigenvalue weighted by Gasteiger charge is 2.27. The van der Waals surface area contributed by atoms with Gasteiger partial charge in [-0.1, -0.05) is 6.92 Å². The fourth-order valence-corrected chi connectivity index (χ4v) is 2.14. The van der Waals surface area contributed by atoms with E-state index in [1.807, 2.05) is 0 Å². The van der Waals surface area contributed by atoms with Gasteiger partial charge < -0.3 is 0 Å². The minimum Gasteiger partial charge on any atom is -0.274 e. The molecule has 0 fully saturated rings. The molecular weight excluding hydrogens is 326 g/mol. The van der Waals surface area contributed by atoms with Crippen molar-refractivity contribution in [2.24, 2.45) is 0 Å². The first-order valence-electron chi connectivity index (χ1n) is 7.11. The van der Waals surface area contributed by atoms with Crippen molar-refractivity contribution in [3.05, 3.63) is 70.8 Å². The molecule has 0 aliphatic heterocycles. The van der Waals surface area contributed by atoms with Crippen LogP contribution in [-0.4, -0.2) is 23.3 Å². The standard InChI is InChI=1S/C17H13F4NO2/c1-2-7-22(16(23)12-5-3-10(18)8-14(12)20)17(24)13-6-4-11(19)9-15(13)21/h3-6,8-9H,2,7H2,1H3. The molecule has 2 aromatic carbocycles. The fraction of sp³-hybridized carbons (Fsp3) is 0.176. The van der Waals surface area contributed by atoms with Crippen molar-refractivity contribution < 1.29 is 27.2 Å². The van der Waals surface area contributed by atoms with E-state index in [1.165, 1.54) is 0 Å². The van der Waals surface area contributed by atoms with Crippen molar-refractivity contribution in [2.75, 3.05) is 6.54 Å². The molecule has 0 heterocycles. The molecule has 0 N–H and O–H groups in total. The Balaban J connectivity index is 2.41. The third-order valence-corrected chi connectivity index (χ3v) is 3.26. The number of rotatable bonds is 4. The summed E-state index contributed by atoms with van der Waals surface area (Å²) in [6.07, 6.45) is 0.336. The van der Waals surface area contributed by atoms with Crippen molar-refractivity contribution in [1.82, 2.24) is 4.90 Å². The molecule has 0 saturated carbocycles. The second-order valence-corrected chi connectivity index (χ2v) is 5.01. The molecule has 0 aliphatic carbocycles. The van der Waals surface area contributed by atoms with E-state index in [9.17, 15) is 27.2 Å². The summed E-state index contributed by atoms with van der Waals surface area (Å²) in [5.74, 6) is -6.06. The number of hydrogen-bond donors (Lipinski definition) is 0. The molecule has 2 aromatic rings. The maximum Gasteiger partial charge on any atom is 0.263 e. The van der Waals surface area contributed by atoms with Crippen LogP contribution in [0.15, 0.2) is 36.4 Å². The summed E-state index contributed by atoms with van der Waals surface area (Å²) in [6, 6.07) is 4.60. The second kappa shape index (κ2) is 7.25. The van der Waals surface area contributed by atoms with E-state index in [0.717, 1.165) is 24.3 Å². The topological polar surface area (TPSA) is 37.4 Å². The Morgan fingerprint density at radius 2 is 1.25 bits per heavy atom. The van der Waals surface area contributed by atoms with Gasteiger partial charge in [0.2, 0.25) is 0 Å². The van der Waals surface area contributed by atoms with Crippen LogP contribution in [0.4, 0.5) is 17.6 Å². The Morgan fingerprint density at radius 3 is 1.58 bits per heavy atom. The first kappa shape index (κ1) is 17.7. The van der Waals surface area contributed by atoms with Crippen LogP contribution in [0.2, 0.25) is 0 Å². The second-order valence-electron chi connectivity index (χ2n) is 5.01. The van der Waals surface area contributed by atoms with Gasteiger partial charge in [-0.2, -0.15) is 0 Å². The molecular formula is C17H13F4NO2. The molecule has 0 spiro atoms. The average molecular weight is 339 g/mol. The molecule has 0 bridgehead atoms. The van der Waals surface area contributed by atoms with Gasteiger partial charge in [0.1, 0.15) is 23.3 Å². The summed E-state index contributed by atoms with van der Waals surface area (Å²) >= 11 is 0. The molecule has 0 saturated heterocycles. The molecule has 7 heteroatoms. The molecule has 126 valence electrons. The lowest BCUT2D eigenvalue weighted by molar-refractivity contribution is 0.0611. The highest BCUT2D eigenvalue weighted by molar-refractivity contribution is 6.10. The number of nitrogens with zero attached hydrogens (tertiary/aromatic N) is 1. The average Bonchev–Trinajstić information content (AvgIpc) is 2.51. The van der Waals surface area contributed by atoms with E-state index in [-0.39, 0.29) is 6.54 Å². The number of carbonyl (C=O) groups is 2. The Morgan fingerprint density at radius 1 is 0.833 bits per heavy atom. The van der Waals surface area contributed by atoms with Gasteiger partial charge in [-0.05, 0) is 30.7 Å². The minimum atomic E-state index is -1.13. The van der Waals surface area contributed by atoms with E-state index in [4.69, 9.17) is 0 Å². The van der Waals surface area contributed by atoms with Crippen molar-refractivity contribution in [1.29, 1.82) is 0 Å². The zero-order valence-corrected chi connectivity index (χ0v) is 12.7. The smallest absolute Gasteiger partial charge is 0.263 e. The highest BCUT2D eigenvalue weighted by Crippen LogP contribution is 2.17. The fourth-order valence-electron chi connectivity index (χ4n) is 2.14. The van der Waals surface area contributed by atoms with E-state index >= 15 is 0 Å². The number of amides is 2. The summed E-state index contributed by atoms with van der Waals surface area (Å²) in [6.45, 7) is 1.56. The first-order valence-corrected chi connectivity index (χ1v) is 7.11. The summed E-state index contributed by atoms with van der Waals surface area (Å²) in [5.41, 5.74) is -1.03. The molecule has 0 aliphatic rings. The summed E-state index contributed by atoms with van der Waals surface area (Å²) in [4.78, 5) is 25.5. The lowest BCUT2D eigenvalue weighted by Crippen LogP contribution is -2.38. The van der Waals surface area contributed by atoms with Crippen molar-refractivity contribution in [2.45, 2.75) is 13.3 Å². The van der Waals surface area contributed by atoms with Crippen molar-refractivity contribution >= 4 is 11.8 Å². The lowest BCUT2D eigenvalue weighted by Gasteiger charge is -2.21. The van der Waals surface area contributed by atoms with E-state index in [2.05, 4.69) is 0 Å². The molecule has 0 aromatic heterocycles. The van der Waals surface area contributed by atoms with Crippen molar-refractivity contribution in [3.8, 4) is 0 Å². The molecule has 2 rings (SSSR count). The number of halogens is 4. The van der Waals surface area contributed by atoms with Gasteiger partial charge in [0.25, 0.3) is 11.8 Å². The molecule has 0 radical (unpaired) electrons. The van der Waals surface area contributed by atoms with Gasteiger partial charge >= 0.3 is 0 Å². The van der Waals surface area contributed by atoms with Crippen molar-refractivity contribution in [3.63, 3.8) is 0 Å². The third-order valence-electron chi connectivity index (χ3n) is 3.26. The largest absolute Gasteiger partial charge is 0.274 e. The number of imide groups is 1. The lowest BCUT2D eigenvalue weighted by atomic mass is 10.1. The van der Waals surface area contributed by atoms with E-state index in [1.54, 1.807) is 6.92 Å². The highest BCUT2D eigenvalue weighted by atomic mass is 19.1. The van der Waals surface area contributed by atoms with Crippen LogP contribution < -0.4 is 0 Å². The van der Waals surface area contributed by atoms with Crippen LogP contribution in [0.3, 0.4) is 0 Å². The van der Waals surface area contributed by atoms with Crippen LogP contribution in [0.25, 0.3) is 0 Å². The van der Waals surface area contributed by atoms with Crippen LogP contribution in [0.1, 0.15) is 34.1 Å². The molecule has 0 unspecified atom stereocenters. The third kappa shape index (κ3) is 3.61. The van der Waals surface area contributed by atoms with Gasteiger partial charge in [0, 0.05) is 18.7 Å². The zero-order valence-electron chi connectivity index (χ0n) is 12.7. The number of carbonyl (C=O) groups excluding carboxylic acids is 2. The minimum absolute atomic E-state index is 0.106. The molecule has 3 nitrogen and oxygen atoms in total. The van der Waals surface area contributed by atoms with E-state index in [0.29, 0.717) is 23.5 Å². The Kier molecular flexibility index (Phi) is 5.33. The Labute approximate surface area is 135 Å². The zero-order chi connectivity index (χ0) is 17.9. The van der Waals surface area contributed by atoms with Gasteiger partial charge in [0.15, 0.2) is 0 Å². The summed E-state index contributed by atoms with van der Waals surface area (Å²) in [5, 5.41) is 0. The maximum atomic E-state index is 13.8. The molecule has 0 atom stereocenters. The van der Waals surface area contributed by atoms with Crippen LogP contribution in [0.5, 0.6) is 0 Å². The van der Waals surface area contributed by atoms with Crippen LogP contribution >= 0.6 is 0 Å². The van der Waals surface area contributed by atoms with Crippen LogP contribution in [-0.2, 0) is 0 Å². The summed E-state index contributed by atoms with van der Waals surface area (Å²) in [7, 11) is 0. The molecule has 24 heavy (non-hydrogen) atoms. The Hall–Kier alpha value is -2.70. The van der Waals surface area contributed by atoms with Gasteiger partial charge in [-0.25, -0.2) is 17.6 Å². The monoisotopic (exact) mass is 339 g/mol. The quantitative estimate of drug-likeness (QED) is 0.625. The SMILES string of the molecule is CCCN(C(=O)c1ccc(F)cc1F)C(=O)c1ccc(F)cc1F. The predicted molar refractivity (Wildman–Crippen MR) is 78.4 cm³/mol. The van der Waals surface area contributed by atoms with Gasteiger partial charge in [0.05, 0.1) is 11.1 Å². The number of benzene rings is 2. The molecule has 2 amide bonds. The van der Waals surface area contributed by atoms with Gasteiger partial charge in [-0.15, -0.1) is 0 Å². The van der Waals surface area contributed by atoms with Crippen LogP contribution in [0, 0.1) is 23.3 Å². The normalized spacial score (nSPS) is 10.5. The summed E-state index contributed by atoms with van der Waals surface area (Å²) < 4.78 is 53.5. The predicted octanol–water partition coefficient (Wildman–Crippen LogP) is 3.94.